The number of halogens is 2. The Hall–Kier alpha value is -0.610. The molecule has 108 valence electrons. The van der Waals surface area contributed by atoms with Crippen LogP contribution in [0.1, 0.15) is 23.2 Å². The summed E-state index contributed by atoms with van der Waals surface area (Å²) in [6, 6.07) is 6.03. The minimum absolute atomic E-state index is 0.337. The normalized spacial score (nSPS) is 12.6. The molecule has 0 amide bonds. The van der Waals surface area contributed by atoms with Crippen molar-refractivity contribution in [2.24, 2.45) is 0 Å². The second kappa shape index (κ2) is 7.41. The Labute approximate surface area is 134 Å². The van der Waals surface area contributed by atoms with Crippen LogP contribution in [0.3, 0.4) is 0 Å². The van der Waals surface area contributed by atoms with E-state index in [1.54, 1.807) is 17.4 Å². The number of nitrogens with zero attached hydrogens (tertiary/aromatic N) is 1. The van der Waals surface area contributed by atoms with Gasteiger partial charge in [-0.25, -0.2) is 4.98 Å². The number of hydrogen-bond acceptors (Lipinski definition) is 3. The zero-order valence-corrected chi connectivity index (χ0v) is 13.9. The molecular weight excluding hydrogens is 311 g/mol. The van der Waals surface area contributed by atoms with Crippen molar-refractivity contribution in [1.82, 2.24) is 10.3 Å². The Morgan fingerprint density at radius 3 is 2.70 bits per heavy atom. The maximum Gasteiger partial charge on any atom is 0.0943 e. The average molecular weight is 329 g/mol. The largest absolute Gasteiger partial charge is 0.314 e. The lowest BCUT2D eigenvalue weighted by molar-refractivity contribution is 0.520. The molecule has 1 aromatic carbocycles. The molecule has 1 unspecified atom stereocenters. The first-order chi connectivity index (χ1) is 9.58. The van der Waals surface area contributed by atoms with Gasteiger partial charge in [0, 0.05) is 33.6 Å². The molecule has 1 heterocycles. The van der Waals surface area contributed by atoms with Crippen LogP contribution >= 0.6 is 34.5 Å². The molecule has 0 radical (unpaired) electrons. The number of thiazole rings is 1. The van der Waals surface area contributed by atoms with Gasteiger partial charge in [-0.05, 0) is 37.6 Å². The predicted molar refractivity (Wildman–Crippen MR) is 88.2 cm³/mol. The molecule has 0 saturated carbocycles. The number of aromatic nitrogens is 1. The quantitative estimate of drug-likeness (QED) is 0.843. The van der Waals surface area contributed by atoms with E-state index in [1.165, 1.54) is 5.01 Å². The van der Waals surface area contributed by atoms with Crippen molar-refractivity contribution < 1.29 is 0 Å². The Kier molecular flexibility index (Phi) is 5.85. The van der Waals surface area contributed by atoms with Gasteiger partial charge in [0.1, 0.15) is 0 Å². The van der Waals surface area contributed by atoms with Gasteiger partial charge >= 0.3 is 0 Å². The maximum absolute atomic E-state index is 6.26. The summed E-state index contributed by atoms with van der Waals surface area (Å²) in [7, 11) is 0. The fourth-order valence-corrected chi connectivity index (χ4v) is 3.50. The Morgan fingerprint density at radius 2 is 2.10 bits per heavy atom. The number of nitrogens with one attached hydrogen (secondary N) is 1. The fraction of sp³-hybridized carbons (Fsp3) is 0.400. The lowest BCUT2D eigenvalue weighted by atomic mass is 10.0. The Bertz CT molecular complexity index is 569. The van der Waals surface area contributed by atoms with E-state index in [-0.39, 0.29) is 0 Å². The molecule has 1 aromatic heterocycles. The van der Waals surface area contributed by atoms with Gasteiger partial charge in [-0.2, -0.15) is 0 Å². The van der Waals surface area contributed by atoms with Crippen LogP contribution < -0.4 is 5.32 Å². The van der Waals surface area contributed by atoms with Crippen molar-refractivity contribution in [3.05, 3.63) is 49.9 Å². The number of aryl methyl sites for hydroxylation is 1. The van der Waals surface area contributed by atoms with Gasteiger partial charge in [0.2, 0.25) is 0 Å². The standard InChI is InChI=1S/C15H18Cl2N2S/c1-3-18-13(8-15-19-10(2)9-20-15)6-11-4-5-12(16)7-14(11)17/h4-5,7,9,13,18H,3,6,8H2,1-2H3. The van der Waals surface area contributed by atoms with E-state index in [4.69, 9.17) is 23.2 Å². The first-order valence-corrected chi connectivity index (χ1v) is 8.30. The highest BCUT2D eigenvalue weighted by Crippen LogP contribution is 2.23. The van der Waals surface area contributed by atoms with Gasteiger partial charge in [0.25, 0.3) is 0 Å². The van der Waals surface area contributed by atoms with Crippen LogP contribution in [-0.4, -0.2) is 17.6 Å². The molecule has 2 nitrogen and oxygen atoms in total. The molecule has 2 rings (SSSR count). The van der Waals surface area contributed by atoms with E-state index in [0.29, 0.717) is 11.1 Å². The first kappa shape index (κ1) is 15.8. The molecule has 0 aliphatic rings. The van der Waals surface area contributed by atoms with Crippen LogP contribution in [0.25, 0.3) is 0 Å². The average Bonchev–Trinajstić information content (AvgIpc) is 2.78. The highest BCUT2D eigenvalue weighted by atomic mass is 35.5. The van der Waals surface area contributed by atoms with Crippen molar-refractivity contribution in [2.75, 3.05) is 6.54 Å². The van der Waals surface area contributed by atoms with Gasteiger partial charge in [0.05, 0.1) is 5.01 Å². The fourth-order valence-electron chi connectivity index (χ4n) is 2.17. The Morgan fingerprint density at radius 1 is 1.30 bits per heavy atom. The second-order valence-electron chi connectivity index (χ2n) is 4.78. The third-order valence-corrected chi connectivity index (χ3v) is 4.64. The second-order valence-corrected chi connectivity index (χ2v) is 6.57. The van der Waals surface area contributed by atoms with Gasteiger partial charge < -0.3 is 5.32 Å². The molecule has 5 heteroatoms. The zero-order chi connectivity index (χ0) is 14.5. The van der Waals surface area contributed by atoms with Gasteiger partial charge in [-0.3, -0.25) is 0 Å². The number of hydrogen-bond donors (Lipinski definition) is 1. The summed E-state index contributed by atoms with van der Waals surface area (Å²) in [5, 5.41) is 8.17. The highest BCUT2D eigenvalue weighted by molar-refractivity contribution is 7.09. The van der Waals surface area contributed by atoms with Gasteiger partial charge in [-0.15, -0.1) is 11.3 Å². The monoisotopic (exact) mass is 328 g/mol. The lowest BCUT2D eigenvalue weighted by Gasteiger charge is -2.17. The van der Waals surface area contributed by atoms with Crippen molar-refractivity contribution >= 4 is 34.5 Å². The molecular formula is C15H18Cl2N2S. The maximum atomic E-state index is 6.26. The predicted octanol–water partition coefficient (Wildman–Crippen LogP) is 4.52. The van der Waals surface area contributed by atoms with Crippen molar-refractivity contribution in [3.63, 3.8) is 0 Å². The first-order valence-electron chi connectivity index (χ1n) is 6.66. The van der Waals surface area contributed by atoms with Crippen molar-refractivity contribution in [3.8, 4) is 0 Å². The molecule has 0 bridgehead atoms. The van der Waals surface area contributed by atoms with Crippen molar-refractivity contribution in [2.45, 2.75) is 32.7 Å². The highest BCUT2D eigenvalue weighted by Gasteiger charge is 2.13. The molecule has 1 N–H and O–H groups in total. The summed E-state index contributed by atoms with van der Waals surface area (Å²) in [4.78, 5) is 4.54. The van der Waals surface area contributed by atoms with Crippen LogP contribution in [0, 0.1) is 6.92 Å². The third kappa shape index (κ3) is 4.45. The molecule has 1 atom stereocenters. The van der Waals surface area contributed by atoms with Crippen LogP contribution in [0.15, 0.2) is 23.6 Å². The van der Waals surface area contributed by atoms with E-state index in [2.05, 4.69) is 22.6 Å². The minimum atomic E-state index is 0.337. The summed E-state index contributed by atoms with van der Waals surface area (Å²) >= 11 is 13.9. The van der Waals surface area contributed by atoms with E-state index in [1.807, 2.05) is 19.1 Å². The summed E-state index contributed by atoms with van der Waals surface area (Å²) < 4.78 is 0. The lowest BCUT2D eigenvalue weighted by Crippen LogP contribution is -2.33. The summed E-state index contributed by atoms with van der Waals surface area (Å²) in [6.07, 6.45) is 1.80. The molecule has 0 saturated heterocycles. The van der Waals surface area contributed by atoms with E-state index >= 15 is 0 Å². The SMILES string of the molecule is CCNC(Cc1nc(C)cs1)Cc1ccc(Cl)cc1Cl. The Balaban J connectivity index is 2.08. The summed E-state index contributed by atoms with van der Waals surface area (Å²) in [5.74, 6) is 0. The van der Waals surface area contributed by atoms with E-state index in [0.717, 1.165) is 35.7 Å². The minimum Gasteiger partial charge on any atom is -0.314 e. The zero-order valence-electron chi connectivity index (χ0n) is 11.6. The number of benzene rings is 1. The van der Waals surface area contributed by atoms with Gasteiger partial charge in [0.15, 0.2) is 0 Å². The summed E-state index contributed by atoms with van der Waals surface area (Å²) in [5.41, 5.74) is 2.21. The van der Waals surface area contributed by atoms with E-state index < -0.39 is 0 Å². The van der Waals surface area contributed by atoms with E-state index in [9.17, 15) is 0 Å². The molecule has 0 fully saturated rings. The van der Waals surface area contributed by atoms with Crippen molar-refractivity contribution in [1.29, 1.82) is 0 Å². The number of likely N-dealkylation sites (N-methyl/N-ethyl adjacent to an activating group) is 1. The van der Waals surface area contributed by atoms with Crippen LogP contribution in [0.4, 0.5) is 0 Å². The molecule has 2 aromatic rings. The smallest absolute Gasteiger partial charge is 0.0943 e. The number of rotatable bonds is 6. The third-order valence-electron chi connectivity index (χ3n) is 3.06. The topological polar surface area (TPSA) is 24.9 Å². The summed E-state index contributed by atoms with van der Waals surface area (Å²) in [6.45, 7) is 5.07. The molecule has 20 heavy (non-hydrogen) atoms. The molecule has 0 aliphatic carbocycles. The molecule has 0 spiro atoms. The van der Waals surface area contributed by atoms with Crippen LogP contribution in [0.5, 0.6) is 0 Å². The van der Waals surface area contributed by atoms with Crippen LogP contribution in [0.2, 0.25) is 10.0 Å². The van der Waals surface area contributed by atoms with Gasteiger partial charge in [-0.1, -0.05) is 36.2 Å². The molecule has 0 aliphatic heterocycles. The van der Waals surface area contributed by atoms with Crippen LogP contribution in [-0.2, 0) is 12.8 Å².